The van der Waals surface area contributed by atoms with E-state index in [1.54, 1.807) is 0 Å². The number of furan rings is 2. The van der Waals surface area contributed by atoms with Crippen molar-refractivity contribution in [1.29, 1.82) is 10.5 Å². The van der Waals surface area contributed by atoms with Gasteiger partial charge in [-0.1, -0.05) is 164 Å². The van der Waals surface area contributed by atoms with Crippen LogP contribution < -0.4 is 9.80 Å². The van der Waals surface area contributed by atoms with Gasteiger partial charge in [-0.2, -0.15) is 10.5 Å². The molecule has 13 rings (SSSR count). The summed E-state index contributed by atoms with van der Waals surface area (Å²) in [6, 6.07) is 79.4. The van der Waals surface area contributed by atoms with Gasteiger partial charge in [-0.3, -0.25) is 0 Å². The molecular weight excluding hydrogens is 973 g/mol. The summed E-state index contributed by atoms with van der Waals surface area (Å²) < 4.78 is 28.5. The lowest BCUT2D eigenvalue weighted by atomic mass is 9.78. The van der Waals surface area contributed by atoms with Crippen LogP contribution in [0.5, 0.6) is 0 Å². The van der Waals surface area contributed by atoms with Gasteiger partial charge >= 0.3 is 0 Å². The molecule has 10 aromatic carbocycles. The lowest BCUT2D eigenvalue weighted by Gasteiger charge is -2.40. The van der Waals surface area contributed by atoms with Gasteiger partial charge in [0, 0.05) is 44.0 Å². The maximum Gasteiger partial charge on any atom is 0.165 e. The molecular formula is C71H54N4O4. The lowest BCUT2D eigenvalue weighted by Crippen LogP contribution is -2.38. The molecule has 382 valence electrons. The van der Waals surface area contributed by atoms with E-state index < -0.39 is 17.0 Å². The standard InChI is InChI=1S/C71H54N4O4/c1-69(2)63-64(70(3,4)79-71(5,6)78-69)66(75(60-33-21-31-56-54-29-17-19-35-62(54)77-68(56)60)52-41-49(46-24-12-8-13-25-46)40-50(42-52)47-26-14-9-15-27-47)58(44-73)57(43-72)65(63)74(51-38-36-48(37-39-51)45-22-10-7-11-23-45)59-32-20-30-55-53-28-16-18-34-61(53)76-67(55)59/h7-42H,1-6H3. The van der Waals surface area contributed by atoms with Gasteiger partial charge in [0.05, 0.1) is 45.1 Å². The number of para-hydroxylation sites is 4. The molecule has 8 nitrogen and oxygen atoms in total. The maximum atomic E-state index is 12.4. The molecule has 0 saturated heterocycles. The van der Waals surface area contributed by atoms with Crippen molar-refractivity contribution in [3.05, 3.63) is 241 Å². The van der Waals surface area contributed by atoms with Crippen molar-refractivity contribution in [1.82, 2.24) is 0 Å². The van der Waals surface area contributed by atoms with Crippen molar-refractivity contribution in [2.45, 2.75) is 58.5 Å². The number of rotatable bonds is 9. The van der Waals surface area contributed by atoms with Crippen LogP contribution in [-0.2, 0) is 20.7 Å². The summed E-state index contributed by atoms with van der Waals surface area (Å²) in [5, 5.41) is 28.4. The van der Waals surface area contributed by atoms with E-state index in [4.69, 9.17) is 18.3 Å². The molecule has 1 aliphatic heterocycles. The van der Waals surface area contributed by atoms with Crippen molar-refractivity contribution in [2.24, 2.45) is 0 Å². The minimum Gasteiger partial charge on any atom is -0.454 e. The Morgan fingerprint density at radius 3 is 1.15 bits per heavy atom. The first-order valence-corrected chi connectivity index (χ1v) is 26.6. The molecule has 0 N–H and O–H groups in total. The Labute approximate surface area is 459 Å². The second kappa shape index (κ2) is 18.8. The molecule has 2 aromatic heterocycles. The number of nitriles is 2. The van der Waals surface area contributed by atoms with Crippen molar-refractivity contribution in [2.75, 3.05) is 9.80 Å². The summed E-state index contributed by atoms with van der Waals surface area (Å²) in [6.45, 7) is 12.0. The summed E-state index contributed by atoms with van der Waals surface area (Å²) in [5.74, 6) is -1.20. The average molecular weight is 1030 g/mol. The molecule has 0 amide bonds. The first kappa shape index (κ1) is 48.9. The summed E-state index contributed by atoms with van der Waals surface area (Å²) in [4.78, 5) is 4.22. The summed E-state index contributed by atoms with van der Waals surface area (Å²) in [5.41, 5.74) is 11.4. The zero-order valence-corrected chi connectivity index (χ0v) is 44.7. The number of anilines is 6. The highest BCUT2D eigenvalue weighted by Gasteiger charge is 2.50. The van der Waals surface area contributed by atoms with E-state index in [1.807, 2.05) is 157 Å². The van der Waals surface area contributed by atoms with Gasteiger partial charge in [-0.25, -0.2) is 0 Å². The number of benzene rings is 10. The van der Waals surface area contributed by atoms with Crippen LogP contribution in [0.2, 0.25) is 0 Å². The largest absolute Gasteiger partial charge is 0.454 e. The second-order valence-corrected chi connectivity index (χ2v) is 21.6. The molecule has 0 atom stereocenters. The van der Waals surface area contributed by atoms with Crippen LogP contribution in [0.1, 0.15) is 63.8 Å². The van der Waals surface area contributed by atoms with E-state index in [0.717, 1.165) is 71.9 Å². The second-order valence-electron chi connectivity index (χ2n) is 21.6. The summed E-state index contributed by atoms with van der Waals surface area (Å²) in [7, 11) is 0. The van der Waals surface area contributed by atoms with Gasteiger partial charge in [0.2, 0.25) is 0 Å². The Hall–Kier alpha value is -9.70. The van der Waals surface area contributed by atoms with Gasteiger partial charge in [0.25, 0.3) is 0 Å². The molecule has 79 heavy (non-hydrogen) atoms. The van der Waals surface area contributed by atoms with E-state index in [-0.39, 0.29) is 11.1 Å². The number of ether oxygens (including phenoxy) is 2. The quantitative estimate of drug-likeness (QED) is 0.141. The van der Waals surface area contributed by atoms with Gasteiger partial charge in [0.1, 0.15) is 23.3 Å². The maximum absolute atomic E-state index is 12.4. The van der Waals surface area contributed by atoms with Crippen LogP contribution in [-0.4, -0.2) is 5.79 Å². The molecule has 8 heteroatoms. The average Bonchev–Trinajstić information content (AvgIpc) is 3.92. The summed E-state index contributed by atoms with van der Waals surface area (Å²) in [6.07, 6.45) is 0. The van der Waals surface area contributed by atoms with E-state index in [0.29, 0.717) is 50.6 Å². The molecule has 0 saturated carbocycles. The number of nitrogens with zero attached hydrogens (tertiary/aromatic N) is 4. The van der Waals surface area contributed by atoms with Crippen molar-refractivity contribution < 1.29 is 18.3 Å². The highest BCUT2D eigenvalue weighted by Crippen LogP contribution is 2.59. The Morgan fingerprint density at radius 1 is 0.354 bits per heavy atom. The highest BCUT2D eigenvalue weighted by molar-refractivity contribution is 6.13. The molecule has 0 bridgehead atoms. The predicted octanol–water partition coefficient (Wildman–Crippen LogP) is 19.4. The smallest absolute Gasteiger partial charge is 0.165 e. The van der Waals surface area contributed by atoms with E-state index in [2.05, 4.69) is 125 Å². The normalized spacial score (nSPS) is 14.4. The zero-order valence-electron chi connectivity index (χ0n) is 44.7. The monoisotopic (exact) mass is 1030 g/mol. The minimum atomic E-state index is -1.23. The Kier molecular flexibility index (Phi) is 11.6. The van der Waals surface area contributed by atoms with Crippen LogP contribution in [0.25, 0.3) is 77.3 Å². The minimum absolute atomic E-state index is 0.130. The molecule has 0 radical (unpaired) electrons. The van der Waals surface area contributed by atoms with Crippen LogP contribution in [0.3, 0.4) is 0 Å². The number of fused-ring (bicyclic) bond motifs is 7. The molecule has 0 aliphatic carbocycles. The Bertz CT molecular complexity index is 4370. The Balaban J connectivity index is 1.21. The van der Waals surface area contributed by atoms with Crippen molar-refractivity contribution in [3.63, 3.8) is 0 Å². The predicted molar refractivity (Wildman–Crippen MR) is 318 cm³/mol. The van der Waals surface area contributed by atoms with Gasteiger partial charge in [-0.05, 0) is 130 Å². The SMILES string of the molecule is CC1(C)OC(C)(C)c2c(N(c3ccc(-c4ccccc4)cc3)c3cccc4c3oc3ccccc34)c(C#N)c(C#N)c(N(c3cc(-c4ccccc4)cc(-c4ccccc4)c3)c3cccc4c3oc3ccccc34)c2C(C)(C)O1. The lowest BCUT2D eigenvalue weighted by molar-refractivity contribution is -0.295. The van der Waals surface area contributed by atoms with E-state index in [9.17, 15) is 10.5 Å². The van der Waals surface area contributed by atoms with E-state index >= 15 is 0 Å². The van der Waals surface area contributed by atoms with Crippen molar-refractivity contribution >= 4 is 78.0 Å². The number of hydrogen-bond donors (Lipinski definition) is 0. The molecule has 3 heterocycles. The summed E-state index contributed by atoms with van der Waals surface area (Å²) >= 11 is 0. The number of hydrogen-bond acceptors (Lipinski definition) is 8. The third kappa shape index (κ3) is 8.29. The molecule has 0 spiro atoms. The fraction of sp³-hybridized carbons (Fsp3) is 0.127. The van der Waals surface area contributed by atoms with E-state index in [1.165, 1.54) is 0 Å². The first-order chi connectivity index (χ1) is 38.3. The van der Waals surface area contributed by atoms with Gasteiger partial charge in [0.15, 0.2) is 17.0 Å². The zero-order chi connectivity index (χ0) is 54.2. The fourth-order valence-corrected chi connectivity index (χ4v) is 12.3. The third-order valence-electron chi connectivity index (χ3n) is 15.2. The topological polar surface area (TPSA) is 98.8 Å². The molecule has 12 aromatic rings. The van der Waals surface area contributed by atoms with Crippen LogP contribution in [0, 0.1) is 22.7 Å². The van der Waals surface area contributed by atoms with Crippen LogP contribution in [0.15, 0.2) is 227 Å². The van der Waals surface area contributed by atoms with Crippen LogP contribution >= 0.6 is 0 Å². The van der Waals surface area contributed by atoms with Crippen molar-refractivity contribution in [3.8, 4) is 45.5 Å². The fourth-order valence-electron chi connectivity index (χ4n) is 12.3. The molecule has 1 aliphatic rings. The van der Waals surface area contributed by atoms with Crippen LogP contribution in [0.4, 0.5) is 34.1 Å². The molecule has 0 fully saturated rings. The van der Waals surface area contributed by atoms with Gasteiger partial charge < -0.3 is 28.1 Å². The van der Waals surface area contributed by atoms with Gasteiger partial charge in [-0.15, -0.1) is 0 Å². The highest BCUT2D eigenvalue weighted by atomic mass is 16.7. The first-order valence-electron chi connectivity index (χ1n) is 26.6. The Morgan fingerprint density at radius 2 is 0.722 bits per heavy atom. The molecule has 0 unspecified atom stereocenters. The third-order valence-corrected chi connectivity index (χ3v) is 15.2.